The van der Waals surface area contributed by atoms with E-state index in [2.05, 4.69) is 28.1 Å². The molecule has 0 spiro atoms. The highest BCUT2D eigenvalue weighted by Crippen LogP contribution is 2.44. The lowest BCUT2D eigenvalue weighted by molar-refractivity contribution is -0.139. The van der Waals surface area contributed by atoms with Gasteiger partial charge >= 0.3 is 12.1 Å². The third kappa shape index (κ3) is 5.13. The normalized spacial score (nSPS) is 13.4. The highest BCUT2D eigenvalue weighted by Gasteiger charge is 2.29. The summed E-state index contributed by atoms with van der Waals surface area (Å²) < 4.78 is 5.43. The van der Waals surface area contributed by atoms with E-state index in [1.54, 1.807) is 0 Å². The van der Waals surface area contributed by atoms with Crippen molar-refractivity contribution < 1.29 is 19.4 Å². The fraction of sp³-hybridized carbons (Fsp3) is 0.364. The monoisotopic (exact) mass is 397 g/mol. The van der Waals surface area contributed by atoms with Gasteiger partial charge in [-0.25, -0.2) is 9.59 Å². The Hall–Kier alpha value is -2.90. The van der Waals surface area contributed by atoms with Crippen LogP contribution in [0.5, 0.6) is 0 Å². The van der Waals surface area contributed by atoms with Gasteiger partial charge in [-0.1, -0.05) is 48.5 Å². The number of benzene rings is 2. The lowest BCUT2D eigenvalue weighted by atomic mass is 9.98. The Morgan fingerprint density at radius 3 is 2.28 bits per heavy atom. The molecular weight excluding hydrogens is 370 g/mol. The molecule has 2 aromatic rings. The van der Waals surface area contributed by atoms with Crippen LogP contribution in [-0.2, 0) is 9.53 Å². The van der Waals surface area contributed by atoms with Gasteiger partial charge in [-0.3, -0.25) is 0 Å². The minimum absolute atomic E-state index is 0.0535. The van der Waals surface area contributed by atoms with Crippen molar-refractivity contribution in [1.82, 2.24) is 16.0 Å². The topological polar surface area (TPSA) is 99.7 Å². The van der Waals surface area contributed by atoms with Crippen molar-refractivity contribution in [1.29, 1.82) is 0 Å². The summed E-state index contributed by atoms with van der Waals surface area (Å²) in [4.78, 5) is 23.7. The summed E-state index contributed by atoms with van der Waals surface area (Å²) in [5.74, 6) is -1.12. The first-order valence-corrected chi connectivity index (χ1v) is 9.81. The van der Waals surface area contributed by atoms with Gasteiger partial charge in [0.25, 0.3) is 0 Å². The summed E-state index contributed by atoms with van der Waals surface area (Å²) in [6.45, 7) is 1.48. The molecule has 0 saturated heterocycles. The van der Waals surface area contributed by atoms with E-state index < -0.39 is 18.1 Å². The minimum Gasteiger partial charge on any atom is -0.480 e. The number of fused-ring (bicyclic) bond motifs is 3. The quantitative estimate of drug-likeness (QED) is 0.363. The highest BCUT2D eigenvalue weighted by atomic mass is 16.5. The summed E-state index contributed by atoms with van der Waals surface area (Å²) in [6, 6.07) is 15.2. The smallest absolute Gasteiger partial charge is 0.407 e. The molecule has 7 nitrogen and oxygen atoms in total. The number of aliphatic carboxylic acids is 1. The van der Waals surface area contributed by atoms with E-state index >= 15 is 0 Å². The van der Waals surface area contributed by atoms with Crippen molar-refractivity contribution in [3.8, 4) is 11.1 Å². The Bertz CT molecular complexity index is 810. The maximum atomic E-state index is 12.3. The predicted octanol–water partition coefficient (Wildman–Crippen LogP) is 2.53. The van der Waals surface area contributed by atoms with Crippen LogP contribution in [0.3, 0.4) is 0 Å². The van der Waals surface area contributed by atoms with E-state index in [1.165, 1.54) is 0 Å². The zero-order chi connectivity index (χ0) is 20.6. The third-order valence-electron chi connectivity index (χ3n) is 5.08. The molecule has 0 saturated carbocycles. The van der Waals surface area contributed by atoms with Crippen molar-refractivity contribution in [2.75, 3.05) is 26.9 Å². The Kier molecular flexibility index (Phi) is 7.21. The van der Waals surface area contributed by atoms with Crippen LogP contribution < -0.4 is 16.0 Å². The van der Waals surface area contributed by atoms with Crippen LogP contribution in [0.2, 0.25) is 0 Å². The Balaban J connectivity index is 1.56. The van der Waals surface area contributed by atoms with Gasteiger partial charge in [0.15, 0.2) is 0 Å². The van der Waals surface area contributed by atoms with Crippen molar-refractivity contribution in [3.63, 3.8) is 0 Å². The van der Waals surface area contributed by atoms with Gasteiger partial charge in [-0.15, -0.1) is 0 Å². The largest absolute Gasteiger partial charge is 0.480 e. The Morgan fingerprint density at radius 2 is 1.69 bits per heavy atom. The predicted molar refractivity (Wildman–Crippen MR) is 111 cm³/mol. The molecule has 29 heavy (non-hydrogen) atoms. The van der Waals surface area contributed by atoms with E-state index in [-0.39, 0.29) is 12.5 Å². The number of carboxylic acid groups (broad SMARTS) is 1. The van der Waals surface area contributed by atoms with Crippen LogP contribution in [0, 0.1) is 0 Å². The molecule has 0 heterocycles. The summed E-state index contributed by atoms with van der Waals surface area (Å²) in [5.41, 5.74) is 4.53. The SMILES string of the molecule is CNCNCCC[C@H](NC(=O)OCC1c2ccccc2-c2ccccc21)C(=O)O. The molecular formula is C22H27N3O4. The molecule has 154 valence electrons. The molecule has 1 amide bonds. The first-order valence-electron chi connectivity index (χ1n) is 9.81. The van der Waals surface area contributed by atoms with Crippen molar-refractivity contribution in [2.45, 2.75) is 24.8 Å². The molecule has 0 radical (unpaired) electrons. The van der Waals surface area contributed by atoms with Crippen LogP contribution in [-0.4, -0.2) is 50.1 Å². The van der Waals surface area contributed by atoms with Crippen LogP contribution >= 0.6 is 0 Å². The molecule has 0 aromatic heterocycles. The van der Waals surface area contributed by atoms with Crippen LogP contribution in [0.4, 0.5) is 4.79 Å². The van der Waals surface area contributed by atoms with Crippen LogP contribution in [0.15, 0.2) is 48.5 Å². The Morgan fingerprint density at radius 1 is 1.07 bits per heavy atom. The number of hydrogen-bond donors (Lipinski definition) is 4. The molecule has 2 aromatic carbocycles. The highest BCUT2D eigenvalue weighted by molar-refractivity contribution is 5.81. The Labute approximate surface area is 170 Å². The van der Waals surface area contributed by atoms with Gasteiger partial charge < -0.3 is 25.8 Å². The first kappa shape index (κ1) is 20.8. The lowest BCUT2D eigenvalue weighted by Crippen LogP contribution is -2.42. The maximum absolute atomic E-state index is 12.3. The number of amides is 1. The molecule has 0 aliphatic heterocycles. The summed E-state index contributed by atoms with van der Waals surface area (Å²) >= 11 is 0. The number of alkyl carbamates (subject to hydrolysis) is 1. The van der Waals surface area contributed by atoms with E-state index in [0.717, 1.165) is 22.3 Å². The minimum atomic E-state index is -1.06. The third-order valence-corrected chi connectivity index (χ3v) is 5.08. The van der Waals surface area contributed by atoms with E-state index in [0.29, 0.717) is 26.1 Å². The molecule has 3 rings (SSSR count). The number of nitrogens with one attached hydrogen (secondary N) is 3. The number of hydrogen-bond acceptors (Lipinski definition) is 5. The van der Waals surface area contributed by atoms with E-state index in [9.17, 15) is 14.7 Å². The van der Waals surface area contributed by atoms with Crippen LogP contribution in [0.1, 0.15) is 29.9 Å². The lowest BCUT2D eigenvalue weighted by Gasteiger charge is -2.17. The molecule has 1 aliphatic carbocycles. The average molecular weight is 397 g/mol. The van der Waals surface area contributed by atoms with Gasteiger partial charge in [0.05, 0.1) is 0 Å². The van der Waals surface area contributed by atoms with Gasteiger partial charge in [0.2, 0.25) is 0 Å². The molecule has 1 atom stereocenters. The maximum Gasteiger partial charge on any atom is 0.407 e. The van der Waals surface area contributed by atoms with Crippen molar-refractivity contribution >= 4 is 12.1 Å². The van der Waals surface area contributed by atoms with Gasteiger partial charge in [-0.2, -0.15) is 0 Å². The zero-order valence-electron chi connectivity index (χ0n) is 16.5. The van der Waals surface area contributed by atoms with E-state index in [1.807, 2.05) is 43.4 Å². The number of carboxylic acids is 1. The summed E-state index contributed by atoms with van der Waals surface area (Å²) in [7, 11) is 1.83. The second-order valence-corrected chi connectivity index (χ2v) is 7.03. The molecule has 4 N–H and O–H groups in total. The number of rotatable bonds is 10. The number of carbonyl (C=O) groups is 2. The molecule has 0 bridgehead atoms. The first-order chi connectivity index (χ1) is 14.1. The average Bonchev–Trinajstić information content (AvgIpc) is 3.05. The van der Waals surface area contributed by atoms with Crippen LogP contribution in [0.25, 0.3) is 11.1 Å². The second-order valence-electron chi connectivity index (χ2n) is 7.03. The van der Waals surface area contributed by atoms with Crippen molar-refractivity contribution in [3.05, 3.63) is 59.7 Å². The fourth-order valence-electron chi connectivity index (χ4n) is 3.68. The van der Waals surface area contributed by atoms with Gasteiger partial charge in [-0.05, 0) is 48.7 Å². The molecule has 7 heteroatoms. The fourth-order valence-corrected chi connectivity index (χ4v) is 3.68. The standard InChI is InChI=1S/C22H27N3O4/c1-23-14-24-12-6-11-20(21(26)27)25-22(28)29-13-19-17-9-4-2-7-15(17)16-8-3-5-10-18(16)19/h2-5,7-10,19-20,23-24H,6,11-14H2,1H3,(H,25,28)(H,26,27)/t20-/m0/s1. The molecule has 1 aliphatic rings. The van der Waals surface area contributed by atoms with E-state index in [4.69, 9.17) is 4.74 Å². The summed E-state index contributed by atoms with van der Waals surface area (Å²) in [6.07, 6.45) is 0.251. The number of carbonyl (C=O) groups excluding carboxylic acids is 1. The van der Waals surface area contributed by atoms with Gasteiger partial charge in [0, 0.05) is 12.6 Å². The zero-order valence-corrected chi connectivity index (χ0v) is 16.5. The van der Waals surface area contributed by atoms with Crippen molar-refractivity contribution in [2.24, 2.45) is 0 Å². The second kappa shape index (κ2) is 10.0. The molecule has 0 fully saturated rings. The number of ether oxygens (including phenoxy) is 1. The summed E-state index contributed by atoms with van der Waals surface area (Å²) in [5, 5.41) is 17.9. The molecule has 0 unspecified atom stereocenters. The van der Waals surface area contributed by atoms with Gasteiger partial charge in [0.1, 0.15) is 12.6 Å².